The van der Waals surface area contributed by atoms with Gasteiger partial charge in [-0.15, -0.1) is 0 Å². The van der Waals surface area contributed by atoms with E-state index in [-0.39, 0.29) is 24.8 Å². The van der Waals surface area contributed by atoms with Gasteiger partial charge >= 0.3 is 0 Å². The molecule has 0 amide bonds. The number of piperazine rings is 1. The molecule has 3 nitrogen and oxygen atoms in total. The Bertz CT molecular complexity index is 544. The summed E-state index contributed by atoms with van der Waals surface area (Å²) in [6.07, 6.45) is 2.41. The van der Waals surface area contributed by atoms with E-state index >= 15 is 0 Å². The Morgan fingerprint density at radius 2 is 1.50 bits per heavy atom. The highest BCUT2D eigenvalue weighted by Crippen LogP contribution is 2.26. The standard InChI is InChI=1S/C17H22N2OS2.2ClH/c20-10-9-19-7-5-18(6-8-19)4-1-17(15-2-11-21-13-15)16-3-12-22-14-16;;/h1-3,11-14,20H,4-10H2;2*1H. The quantitative estimate of drug-likeness (QED) is 0.438. The molecule has 0 spiro atoms. The maximum atomic E-state index is 9.04. The van der Waals surface area contributed by atoms with Crippen molar-refractivity contribution in [3.63, 3.8) is 0 Å². The molecule has 0 atom stereocenters. The molecule has 2 aromatic rings. The zero-order chi connectivity index (χ0) is 15.2. The molecule has 0 radical (unpaired) electrons. The second-order valence-electron chi connectivity index (χ2n) is 5.82. The third-order valence-electron chi connectivity index (χ3n) is 4.39. The molecule has 3 N–H and O–H groups in total. The molecule has 24 heavy (non-hydrogen) atoms. The summed E-state index contributed by atoms with van der Waals surface area (Å²) >= 11 is 3.52. The molecule has 2 aromatic heterocycles. The van der Waals surface area contributed by atoms with Gasteiger partial charge in [0.15, 0.2) is 0 Å². The molecule has 1 fully saturated rings. The summed E-state index contributed by atoms with van der Waals surface area (Å²) in [5.41, 5.74) is 4.06. The number of nitrogens with one attached hydrogen (secondary N) is 2. The Balaban J connectivity index is 0.00000144. The first-order valence-corrected chi connectivity index (χ1v) is 9.78. The SMILES string of the molecule is OCC[NH+]1CC[NH+](CC=C(c2ccsc2)c2ccsc2)CC1.[Cl-].[Cl-]. The van der Waals surface area contributed by atoms with Crippen LogP contribution in [0.3, 0.4) is 0 Å². The van der Waals surface area contributed by atoms with E-state index in [9.17, 15) is 0 Å². The predicted molar refractivity (Wildman–Crippen MR) is 93.9 cm³/mol. The molecule has 0 aromatic carbocycles. The maximum absolute atomic E-state index is 9.04. The minimum Gasteiger partial charge on any atom is -1.00 e. The Labute approximate surface area is 164 Å². The summed E-state index contributed by atoms with van der Waals surface area (Å²) in [4.78, 5) is 3.20. The molecule has 0 unspecified atom stereocenters. The number of aliphatic hydroxyl groups excluding tert-OH is 1. The van der Waals surface area contributed by atoms with Crippen LogP contribution in [0.4, 0.5) is 0 Å². The molecular formula is C17H24Cl2N2OS2. The largest absolute Gasteiger partial charge is 1.00 e. The average Bonchev–Trinajstić information content (AvgIpc) is 3.23. The number of aliphatic hydroxyl groups is 1. The van der Waals surface area contributed by atoms with E-state index in [0.717, 1.165) is 13.1 Å². The van der Waals surface area contributed by atoms with Gasteiger partial charge in [0.05, 0.1) is 13.2 Å². The van der Waals surface area contributed by atoms with Gasteiger partial charge in [0, 0.05) is 0 Å². The van der Waals surface area contributed by atoms with Crippen LogP contribution in [0.2, 0.25) is 0 Å². The minimum absolute atomic E-state index is 0. The third kappa shape index (κ3) is 5.85. The van der Waals surface area contributed by atoms with Gasteiger partial charge in [0.2, 0.25) is 0 Å². The van der Waals surface area contributed by atoms with E-state index in [1.807, 2.05) is 0 Å². The lowest BCUT2D eigenvalue weighted by atomic mass is 10.0. The molecule has 1 saturated heterocycles. The summed E-state index contributed by atoms with van der Waals surface area (Å²) < 4.78 is 0. The van der Waals surface area contributed by atoms with Gasteiger partial charge in [0.25, 0.3) is 0 Å². The molecule has 3 rings (SSSR count). The van der Waals surface area contributed by atoms with E-state index in [1.165, 1.54) is 42.9 Å². The van der Waals surface area contributed by atoms with Crippen molar-refractivity contribution in [2.45, 2.75) is 0 Å². The summed E-state index contributed by atoms with van der Waals surface area (Å²) in [6, 6.07) is 4.43. The van der Waals surface area contributed by atoms with Gasteiger partial charge in [-0.2, -0.15) is 22.7 Å². The van der Waals surface area contributed by atoms with Crippen LogP contribution in [0.25, 0.3) is 5.57 Å². The smallest absolute Gasteiger partial charge is 0.127 e. The highest BCUT2D eigenvalue weighted by Gasteiger charge is 2.21. The lowest BCUT2D eigenvalue weighted by Crippen LogP contribution is -3.28. The Hall–Kier alpha value is -0.400. The van der Waals surface area contributed by atoms with Crippen LogP contribution in [-0.4, -0.2) is 51.0 Å². The minimum atomic E-state index is 0. The van der Waals surface area contributed by atoms with E-state index in [0.29, 0.717) is 6.61 Å². The first-order chi connectivity index (χ1) is 10.9. The second kappa shape index (κ2) is 11.3. The molecule has 1 aliphatic heterocycles. The van der Waals surface area contributed by atoms with Crippen molar-refractivity contribution in [2.75, 3.05) is 45.9 Å². The average molecular weight is 407 g/mol. The number of hydrogen-bond donors (Lipinski definition) is 3. The van der Waals surface area contributed by atoms with Crippen LogP contribution in [-0.2, 0) is 0 Å². The van der Waals surface area contributed by atoms with Crippen molar-refractivity contribution >= 4 is 28.2 Å². The second-order valence-corrected chi connectivity index (χ2v) is 7.38. The first-order valence-electron chi connectivity index (χ1n) is 7.90. The Kier molecular flexibility index (Phi) is 10.2. The highest BCUT2D eigenvalue weighted by molar-refractivity contribution is 7.08. The number of rotatable bonds is 6. The van der Waals surface area contributed by atoms with Crippen molar-refractivity contribution in [2.24, 2.45) is 0 Å². The van der Waals surface area contributed by atoms with Crippen molar-refractivity contribution in [1.29, 1.82) is 0 Å². The fraction of sp³-hybridized carbons (Fsp3) is 0.412. The van der Waals surface area contributed by atoms with Crippen molar-refractivity contribution < 1.29 is 39.7 Å². The number of halogens is 2. The molecule has 0 saturated carbocycles. The summed E-state index contributed by atoms with van der Waals surface area (Å²) in [5.74, 6) is 0. The number of quaternary nitrogens is 2. The summed E-state index contributed by atoms with van der Waals surface area (Å²) in [7, 11) is 0. The van der Waals surface area contributed by atoms with Crippen LogP contribution >= 0.6 is 22.7 Å². The van der Waals surface area contributed by atoms with Crippen LogP contribution in [0, 0.1) is 0 Å². The van der Waals surface area contributed by atoms with E-state index in [4.69, 9.17) is 5.11 Å². The summed E-state index contributed by atoms with van der Waals surface area (Å²) in [6.45, 7) is 7.06. The van der Waals surface area contributed by atoms with Gasteiger partial charge in [-0.3, -0.25) is 0 Å². The molecule has 3 heterocycles. The van der Waals surface area contributed by atoms with Crippen molar-refractivity contribution in [1.82, 2.24) is 0 Å². The van der Waals surface area contributed by atoms with Crippen molar-refractivity contribution in [3.8, 4) is 0 Å². The number of hydrogen-bond acceptors (Lipinski definition) is 3. The van der Waals surface area contributed by atoms with Crippen LogP contribution in [0.5, 0.6) is 0 Å². The fourth-order valence-corrected chi connectivity index (χ4v) is 4.37. The molecule has 0 aliphatic carbocycles. The maximum Gasteiger partial charge on any atom is 0.127 e. The molecule has 1 aliphatic rings. The van der Waals surface area contributed by atoms with Gasteiger partial charge in [-0.05, 0) is 56.4 Å². The Morgan fingerprint density at radius 3 is 1.96 bits per heavy atom. The van der Waals surface area contributed by atoms with Gasteiger partial charge in [-0.25, -0.2) is 0 Å². The topological polar surface area (TPSA) is 29.1 Å². The highest BCUT2D eigenvalue weighted by atomic mass is 35.5. The predicted octanol–water partition coefficient (Wildman–Crippen LogP) is -5.98. The van der Waals surface area contributed by atoms with Gasteiger partial charge < -0.3 is 39.7 Å². The Morgan fingerprint density at radius 1 is 0.958 bits per heavy atom. The molecule has 7 heteroatoms. The van der Waals surface area contributed by atoms with Crippen LogP contribution in [0.1, 0.15) is 11.1 Å². The van der Waals surface area contributed by atoms with E-state index in [2.05, 4.69) is 39.7 Å². The lowest BCUT2D eigenvalue weighted by molar-refractivity contribution is -1.01. The normalized spacial score (nSPS) is 19.9. The molecule has 0 bridgehead atoms. The third-order valence-corrected chi connectivity index (χ3v) is 5.76. The first kappa shape index (κ1) is 21.6. The van der Waals surface area contributed by atoms with Crippen molar-refractivity contribution in [3.05, 3.63) is 50.9 Å². The van der Waals surface area contributed by atoms with E-state index in [1.54, 1.807) is 32.5 Å². The van der Waals surface area contributed by atoms with Crippen LogP contribution in [0.15, 0.2) is 39.7 Å². The molecular weight excluding hydrogens is 383 g/mol. The fourth-order valence-electron chi connectivity index (χ4n) is 3.05. The van der Waals surface area contributed by atoms with E-state index < -0.39 is 0 Å². The zero-order valence-corrected chi connectivity index (χ0v) is 16.7. The van der Waals surface area contributed by atoms with Crippen LogP contribution < -0.4 is 34.6 Å². The number of thiophene rings is 2. The monoisotopic (exact) mass is 406 g/mol. The van der Waals surface area contributed by atoms with Gasteiger partial charge in [-0.1, -0.05) is 0 Å². The van der Waals surface area contributed by atoms with Gasteiger partial charge in [0.1, 0.15) is 32.7 Å². The molecule has 134 valence electrons. The summed E-state index contributed by atoms with van der Waals surface area (Å²) in [5, 5.41) is 17.8. The lowest BCUT2D eigenvalue weighted by Gasteiger charge is -2.28. The zero-order valence-electron chi connectivity index (χ0n) is 13.5.